The van der Waals surface area contributed by atoms with Crippen LogP contribution in [0.1, 0.15) is 0 Å². The Morgan fingerprint density at radius 3 is 1.10 bits per heavy atom. The van der Waals surface area contributed by atoms with Crippen molar-refractivity contribution >= 4 is 26.2 Å². The monoisotopic (exact) mass is 520 g/mol. The largest absolute Gasteiger partial charge is 0.477 e. The number of ether oxygens (including phenoxy) is 2. The highest BCUT2D eigenvalue weighted by molar-refractivity contribution is 7.87. The molecule has 3 N–H and O–H groups in total. The summed E-state index contributed by atoms with van der Waals surface area (Å²) in [5, 5.41) is -6.19. The van der Waals surface area contributed by atoms with E-state index in [4.69, 9.17) is 14.2 Å². The van der Waals surface area contributed by atoms with Crippen LogP contribution in [0, 0.1) is 0 Å². The predicted molar refractivity (Wildman–Crippen MR) is 61.5 cm³/mol. The molecule has 0 aliphatic rings. The highest BCUT2D eigenvalue weighted by atomic mass is 32.2. The summed E-state index contributed by atoms with van der Waals surface area (Å²) in [5.41, 5.74) is 0. The predicted octanol–water partition coefficient (Wildman–Crippen LogP) is 1.51. The molecule has 180 valence electrons. The lowest BCUT2D eigenvalue weighted by molar-refractivity contribution is -0.493. The van der Waals surface area contributed by atoms with E-state index in [1.165, 1.54) is 0 Å². The Bertz CT molecular complexity index is 897. The van der Waals surface area contributed by atoms with Gasteiger partial charge in [0.2, 0.25) is 0 Å². The number of halogens is 11. The summed E-state index contributed by atoms with van der Waals surface area (Å²) in [5.74, 6) is -11.4. The molecular formula is C7H3F11O10S2. The molecule has 0 aliphatic heterocycles. The minimum atomic E-state index is -7.45. The van der Waals surface area contributed by atoms with Crippen molar-refractivity contribution in [3.63, 3.8) is 0 Å². The van der Waals surface area contributed by atoms with Gasteiger partial charge in [-0.05, 0) is 0 Å². The number of carbonyl (C=O) groups is 1. The SMILES string of the molecule is O=C(O)C(F)(OC(F)(F)C(F)(F)S(=O)(=O)O)C(F)(F)OC(F)(F)C(F)(F)S(=O)(=O)O. The van der Waals surface area contributed by atoms with Crippen molar-refractivity contribution in [2.24, 2.45) is 0 Å². The lowest BCUT2D eigenvalue weighted by Gasteiger charge is -2.35. The summed E-state index contributed by atoms with van der Waals surface area (Å²) in [7, 11) is -14.8. The third-order valence-corrected chi connectivity index (χ3v) is 4.27. The average Bonchev–Trinajstić information content (AvgIpc) is 2.42. The fourth-order valence-electron chi connectivity index (χ4n) is 1.05. The Kier molecular flexibility index (Phi) is 6.87. The van der Waals surface area contributed by atoms with Gasteiger partial charge in [-0.15, -0.1) is 0 Å². The van der Waals surface area contributed by atoms with Crippen molar-refractivity contribution in [1.29, 1.82) is 0 Å². The van der Waals surface area contributed by atoms with E-state index in [1.807, 2.05) is 0 Å². The van der Waals surface area contributed by atoms with Crippen molar-refractivity contribution in [3.8, 4) is 0 Å². The van der Waals surface area contributed by atoms with Crippen molar-refractivity contribution in [3.05, 3.63) is 0 Å². The van der Waals surface area contributed by atoms with Gasteiger partial charge in [-0.2, -0.15) is 65.1 Å². The first-order chi connectivity index (χ1) is 12.6. The molecule has 30 heavy (non-hydrogen) atoms. The second-order valence-corrected chi connectivity index (χ2v) is 7.56. The number of rotatable bonds is 10. The quantitative estimate of drug-likeness (QED) is 0.284. The first-order valence-corrected chi connectivity index (χ1v) is 8.64. The number of carboxylic acid groups (broad SMARTS) is 1. The van der Waals surface area contributed by atoms with E-state index in [-0.39, 0.29) is 0 Å². The number of alkyl halides is 11. The topological polar surface area (TPSA) is 164 Å². The Morgan fingerprint density at radius 2 is 0.867 bits per heavy atom. The van der Waals surface area contributed by atoms with Crippen LogP contribution < -0.4 is 0 Å². The molecule has 0 fully saturated rings. The molecule has 0 spiro atoms. The minimum Gasteiger partial charge on any atom is -0.477 e. The maximum Gasteiger partial charge on any atom is 0.460 e. The van der Waals surface area contributed by atoms with Gasteiger partial charge in [-0.3, -0.25) is 13.8 Å². The third-order valence-electron chi connectivity index (χ3n) is 2.50. The van der Waals surface area contributed by atoms with E-state index in [2.05, 4.69) is 0 Å². The fraction of sp³-hybridized carbons (Fsp3) is 0.857. The van der Waals surface area contributed by atoms with E-state index in [0.29, 0.717) is 0 Å². The van der Waals surface area contributed by atoms with Crippen LogP contribution in [-0.4, -0.2) is 71.7 Å². The minimum absolute atomic E-state index is 1.56. The molecule has 23 heteroatoms. The molecule has 0 rings (SSSR count). The first kappa shape index (κ1) is 28.4. The Hall–Kier alpha value is -1.56. The second kappa shape index (κ2) is 7.25. The Labute approximate surface area is 155 Å². The molecule has 0 amide bonds. The van der Waals surface area contributed by atoms with Crippen LogP contribution >= 0.6 is 0 Å². The van der Waals surface area contributed by atoms with Crippen LogP contribution in [0.2, 0.25) is 0 Å². The van der Waals surface area contributed by atoms with E-state index >= 15 is 0 Å². The molecule has 0 radical (unpaired) electrons. The highest BCUT2D eigenvalue weighted by Gasteiger charge is 2.80. The van der Waals surface area contributed by atoms with Crippen molar-refractivity contribution in [2.45, 2.75) is 34.7 Å². The van der Waals surface area contributed by atoms with Gasteiger partial charge in [0.05, 0.1) is 0 Å². The molecule has 0 saturated heterocycles. The standard InChI is InChI=1S/C7H3F11O10S2/c8-2(1(19)20,27-4(11,12)6(15,16)29(21,22)23)3(9,10)28-5(13,14)7(17,18)30(24,25)26/h(H,19,20)(H,21,22,23)(H,24,25,26). The van der Waals surface area contributed by atoms with Crippen molar-refractivity contribution in [2.75, 3.05) is 0 Å². The molecule has 0 aromatic heterocycles. The zero-order chi connectivity index (χ0) is 25.0. The van der Waals surface area contributed by atoms with Crippen molar-refractivity contribution in [1.82, 2.24) is 0 Å². The van der Waals surface area contributed by atoms with Gasteiger partial charge in [0.25, 0.3) is 0 Å². The number of hydrogen-bond acceptors (Lipinski definition) is 7. The van der Waals surface area contributed by atoms with Crippen LogP contribution in [0.4, 0.5) is 48.3 Å². The zero-order valence-corrected chi connectivity index (χ0v) is 14.3. The summed E-state index contributed by atoms with van der Waals surface area (Å²) < 4.78 is 203. The second-order valence-electron chi connectivity index (χ2n) is 4.64. The Morgan fingerprint density at radius 1 is 0.600 bits per heavy atom. The lowest BCUT2D eigenvalue weighted by atomic mass is 10.3. The molecule has 0 saturated carbocycles. The van der Waals surface area contributed by atoms with Crippen LogP contribution in [0.15, 0.2) is 0 Å². The summed E-state index contributed by atoms with van der Waals surface area (Å²) in [6.07, 6.45) is -22.2. The molecule has 0 heterocycles. The first-order valence-electron chi connectivity index (χ1n) is 5.76. The van der Waals surface area contributed by atoms with Gasteiger partial charge in [0.15, 0.2) is 0 Å². The Balaban J connectivity index is 6.49. The van der Waals surface area contributed by atoms with Gasteiger partial charge in [-0.1, -0.05) is 0 Å². The number of aliphatic carboxylic acids is 1. The average molecular weight is 520 g/mol. The van der Waals surface area contributed by atoms with Gasteiger partial charge in [-0.25, -0.2) is 9.53 Å². The van der Waals surface area contributed by atoms with Gasteiger partial charge < -0.3 is 5.11 Å². The lowest BCUT2D eigenvalue weighted by Crippen LogP contribution is -2.64. The molecule has 0 aromatic rings. The summed E-state index contributed by atoms with van der Waals surface area (Å²) in [6, 6.07) is 0. The number of hydrogen-bond donors (Lipinski definition) is 3. The fourth-order valence-corrected chi connectivity index (χ4v) is 1.73. The van der Waals surface area contributed by atoms with Gasteiger partial charge in [0.1, 0.15) is 0 Å². The van der Waals surface area contributed by atoms with Gasteiger partial charge >= 0.3 is 60.9 Å². The third kappa shape index (κ3) is 4.53. The van der Waals surface area contributed by atoms with Crippen LogP contribution in [-0.2, 0) is 34.5 Å². The normalized spacial score (nSPS) is 17.5. The molecular weight excluding hydrogens is 517 g/mol. The highest BCUT2D eigenvalue weighted by Crippen LogP contribution is 2.50. The van der Waals surface area contributed by atoms with Crippen LogP contribution in [0.3, 0.4) is 0 Å². The van der Waals surface area contributed by atoms with E-state index in [9.17, 15) is 69.9 Å². The molecule has 1 atom stereocenters. The summed E-state index contributed by atoms with van der Waals surface area (Å²) in [4.78, 5) is 10.4. The van der Waals surface area contributed by atoms with Crippen LogP contribution in [0.5, 0.6) is 0 Å². The zero-order valence-electron chi connectivity index (χ0n) is 12.7. The molecule has 0 aliphatic carbocycles. The van der Waals surface area contributed by atoms with Gasteiger partial charge in [0, 0.05) is 0 Å². The molecule has 0 aromatic carbocycles. The molecule has 1 unspecified atom stereocenters. The maximum absolute atomic E-state index is 13.7. The van der Waals surface area contributed by atoms with Crippen molar-refractivity contribution < 1.29 is 93.6 Å². The maximum atomic E-state index is 13.7. The van der Waals surface area contributed by atoms with E-state index in [0.717, 1.165) is 0 Å². The molecule has 0 bridgehead atoms. The smallest absolute Gasteiger partial charge is 0.460 e. The molecule has 10 nitrogen and oxygen atoms in total. The van der Waals surface area contributed by atoms with E-state index in [1.54, 1.807) is 9.47 Å². The van der Waals surface area contributed by atoms with Crippen LogP contribution in [0.25, 0.3) is 0 Å². The summed E-state index contributed by atoms with van der Waals surface area (Å²) >= 11 is 0. The number of carboxylic acids is 1. The van der Waals surface area contributed by atoms with E-state index < -0.39 is 60.9 Å². The summed E-state index contributed by atoms with van der Waals surface area (Å²) in [6.45, 7) is 0.